The average Bonchev–Trinajstić information content (AvgIpc) is 3.39. The topological polar surface area (TPSA) is 12.9 Å². The Hall–Kier alpha value is -5.53. The Bertz CT molecular complexity index is 2330. The first-order valence-corrected chi connectivity index (χ1v) is 14.5. The van der Waals surface area contributed by atoms with Gasteiger partial charge in [-0.15, -0.1) is 0 Å². The summed E-state index contributed by atoms with van der Waals surface area (Å²) < 4.78 is 0. The van der Waals surface area contributed by atoms with Crippen LogP contribution in [0.3, 0.4) is 0 Å². The summed E-state index contributed by atoms with van der Waals surface area (Å²) >= 11 is 0. The molecule has 1 heteroatoms. The highest BCUT2D eigenvalue weighted by Gasteiger charge is 2.22. The third kappa shape index (κ3) is 3.54. The van der Waals surface area contributed by atoms with Crippen molar-refractivity contribution in [1.82, 2.24) is 4.98 Å². The first-order valence-electron chi connectivity index (χ1n) is 14.5. The van der Waals surface area contributed by atoms with E-state index in [-0.39, 0.29) is 0 Å². The molecular formula is C41H25N. The summed E-state index contributed by atoms with van der Waals surface area (Å²) in [5.74, 6) is 0. The van der Waals surface area contributed by atoms with Gasteiger partial charge in [-0.3, -0.25) is 4.98 Å². The van der Waals surface area contributed by atoms with Crippen LogP contribution in [0.2, 0.25) is 0 Å². The summed E-state index contributed by atoms with van der Waals surface area (Å²) in [5, 5.41) is 6.32. The molecule has 7 aromatic carbocycles. The molecule has 1 aromatic heterocycles. The molecule has 194 valence electrons. The Kier molecular flexibility index (Phi) is 4.97. The quantitative estimate of drug-likeness (QED) is 0.221. The summed E-state index contributed by atoms with van der Waals surface area (Å²) in [6.45, 7) is 0. The summed E-state index contributed by atoms with van der Waals surface area (Å²) in [5.41, 5.74) is 13.5. The predicted molar refractivity (Wildman–Crippen MR) is 177 cm³/mol. The molecule has 9 rings (SSSR count). The molecule has 0 spiro atoms. The second kappa shape index (κ2) is 8.99. The molecule has 0 atom stereocenters. The minimum Gasteiger partial charge on any atom is -0.256 e. The summed E-state index contributed by atoms with van der Waals surface area (Å²) in [4.78, 5) is 4.86. The van der Waals surface area contributed by atoms with Gasteiger partial charge in [-0.25, -0.2) is 0 Å². The molecular weight excluding hydrogens is 506 g/mol. The normalized spacial score (nSPS) is 11.8. The van der Waals surface area contributed by atoms with E-state index >= 15 is 0 Å². The van der Waals surface area contributed by atoms with Crippen molar-refractivity contribution in [2.24, 2.45) is 0 Å². The van der Waals surface area contributed by atoms with E-state index in [4.69, 9.17) is 4.98 Å². The van der Waals surface area contributed by atoms with Crippen LogP contribution in [-0.2, 0) is 0 Å². The minimum atomic E-state index is 1.01. The van der Waals surface area contributed by atoms with Crippen LogP contribution >= 0.6 is 0 Å². The first-order chi connectivity index (χ1) is 20.8. The molecule has 0 N–H and O–H groups in total. The summed E-state index contributed by atoms with van der Waals surface area (Å²) in [6, 6.07) is 53.0. The first kappa shape index (κ1) is 23.2. The third-order valence-corrected chi connectivity index (χ3v) is 8.82. The van der Waals surface area contributed by atoms with Crippen LogP contribution in [0.25, 0.3) is 88.1 Å². The second-order valence-corrected chi connectivity index (χ2v) is 11.2. The van der Waals surface area contributed by atoms with Gasteiger partial charge in [0.2, 0.25) is 0 Å². The van der Waals surface area contributed by atoms with Crippen molar-refractivity contribution < 1.29 is 0 Å². The molecule has 0 radical (unpaired) electrons. The Balaban J connectivity index is 1.14. The van der Waals surface area contributed by atoms with Crippen LogP contribution in [0.1, 0.15) is 0 Å². The van der Waals surface area contributed by atoms with Crippen LogP contribution in [-0.4, -0.2) is 4.98 Å². The van der Waals surface area contributed by atoms with Gasteiger partial charge >= 0.3 is 0 Å². The number of rotatable bonds is 3. The van der Waals surface area contributed by atoms with Gasteiger partial charge in [0.1, 0.15) is 0 Å². The highest BCUT2D eigenvalue weighted by Crippen LogP contribution is 2.49. The van der Waals surface area contributed by atoms with Crippen LogP contribution in [0.15, 0.2) is 152 Å². The fraction of sp³-hybridized carbons (Fsp3) is 0. The van der Waals surface area contributed by atoms with E-state index in [2.05, 4.69) is 146 Å². The third-order valence-electron chi connectivity index (χ3n) is 8.82. The number of nitrogens with zero attached hydrogens (tertiary/aromatic N) is 1. The summed E-state index contributed by atoms with van der Waals surface area (Å²) in [7, 11) is 0. The Morgan fingerprint density at radius 2 is 0.952 bits per heavy atom. The molecule has 0 bridgehead atoms. The highest BCUT2D eigenvalue weighted by molar-refractivity contribution is 6.18. The van der Waals surface area contributed by atoms with Crippen molar-refractivity contribution in [3.63, 3.8) is 0 Å². The number of aromatic nitrogens is 1. The lowest BCUT2D eigenvalue weighted by molar-refractivity contribution is 1.41. The fourth-order valence-corrected chi connectivity index (χ4v) is 6.76. The van der Waals surface area contributed by atoms with Crippen molar-refractivity contribution in [2.45, 2.75) is 0 Å². The fourth-order valence-electron chi connectivity index (χ4n) is 6.76. The summed E-state index contributed by atoms with van der Waals surface area (Å²) in [6.07, 6.45) is 2.00. The van der Waals surface area contributed by atoms with Gasteiger partial charge in [-0.05, 0) is 102 Å². The Morgan fingerprint density at radius 1 is 0.333 bits per heavy atom. The standard InChI is InChI=1S/C41H25N/c1-2-8-27-21-30(16-15-26(27)7-1)28-9-5-10-29(22-28)33-24-32-23-31(17-20-40(32)42-25-33)34-18-19-39-36-12-4-3-11-35(36)38-14-6-13-37(34)41(38)39/h1-25H. The van der Waals surface area contributed by atoms with Crippen LogP contribution < -0.4 is 0 Å². The number of hydrogen-bond donors (Lipinski definition) is 0. The van der Waals surface area contributed by atoms with E-state index in [0.29, 0.717) is 0 Å². The molecule has 0 aliphatic heterocycles. The lowest BCUT2D eigenvalue weighted by atomic mass is 9.93. The molecule has 0 fully saturated rings. The average molecular weight is 532 g/mol. The van der Waals surface area contributed by atoms with Crippen molar-refractivity contribution in [3.8, 4) is 55.6 Å². The zero-order chi connectivity index (χ0) is 27.6. The molecule has 1 nitrogen and oxygen atoms in total. The number of fused-ring (bicyclic) bond motifs is 5. The zero-order valence-electron chi connectivity index (χ0n) is 22.9. The van der Waals surface area contributed by atoms with E-state index in [9.17, 15) is 0 Å². The lowest BCUT2D eigenvalue weighted by Crippen LogP contribution is -1.87. The maximum Gasteiger partial charge on any atom is 0.0702 e. The number of hydrogen-bond acceptors (Lipinski definition) is 1. The molecule has 42 heavy (non-hydrogen) atoms. The molecule has 1 aliphatic rings. The lowest BCUT2D eigenvalue weighted by Gasteiger charge is -2.11. The number of benzene rings is 7. The maximum atomic E-state index is 4.86. The SMILES string of the molecule is c1cc(-c2ccc3ccccc3c2)cc(-c2cnc3ccc(-c4ccc5c6c(cccc46)-c4ccccc4-5)cc3c2)c1. The van der Waals surface area contributed by atoms with Crippen molar-refractivity contribution in [1.29, 1.82) is 0 Å². The smallest absolute Gasteiger partial charge is 0.0702 e. The van der Waals surface area contributed by atoms with Crippen LogP contribution in [0, 0.1) is 0 Å². The monoisotopic (exact) mass is 531 g/mol. The van der Waals surface area contributed by atoms with E-state index in [1.807, 2.05) is 6.20 Å². The molecule has 0 amide bonds. The van der Waals surface area contributed by atoms with E-state index in [1.54, 1.807) is 0 Å². The zero-order valence-corrected chi connectivity index (χ0v) is 22.9. The molecule has 0 unspecified atom stereocenters. The van der Waals surface area contributed by atoms with Crippen LogP contribution in [0.4, 0.5) is 0 Å². The van der Waals surface area contributed by atoms with Crippen LogP contribution in [0.5, 0.6) is 0 Å². The Morgan fingerprint density at radius 3 is 1.83 bits per heavy atom. The van der Waals surface area contributed by atoms with Gasteiger partial charge < -0.3 is 0 Å². The molecule has 8 aromatic rings. The van der Waals surface area contributed by atoms with Crippen molar-refractivity contribution in [3.05, 3.63) is 152 Å². The number of pyridine rings is 1. The highest BCUT2D eigenvalue weighted by atomic mass is 14.6. The van der Waals surface area contributed by atoms with Gasteiger partial charge in [0.15, 0.2) is 0 Å². The van der Waals surface area contributed by atoms with Crippen molar-refractivity contribution in [2.75, 3.05) is 0 Å². The van der Waals surface area contributed by atoms with E-state index in [1.165, 1.54) is 71.6 Å². The molecule has 1 heterocycles. The Labute approximate surface area is 244 Å². The molecule has 0 saturated carbocycles. The predicted octanol–water partition coefficient (Wildman–Crippen LogP) is 11.2. The molecule has 1 aliphatic carbocycles. The second-order valence-electron chi connectivity index (χ2n) is 11.2. The van der Waals surface area contributed by atoms with Crippen molar-refractivity contribution >= 4 is 32.4 Å². The minimum absolute atomic E-state index is 1.01. The van der Waals surface area contributed by atoms with Gasteiger partial charge in [-0.1, -0.05) is 115 Å². The van der Waals surface area contributed by atoms with Gasteiger partial charge in [0.25, 0.3) is 0 Å². The van der Waals surface area contributed by atoms with Gasteiger partial charge in [-0.2, -0.15) is 0 Å². The van der Waals surface area contributed by atoms with E-state index < -0.39 is 0 Å². The largest absolute Gasteiger partial charge is 0.256 e. The van der Waals surface area contributed by atoms with Gasteiger partial charge in [0, 0.05) is 17.1 Å². The molecule has 0 saturated heterocycles. The van der Waals surface area contributed by atoms with Gasteiger partial charge in [0.05, 0.1) is 5.52 Å². The maximum absolute atomic E-state index is 4.86. The van der Waals surface area contributed by atoms with E-state index in [0.717, 1.165) is 16.5 Å².